The Bertz CT molecular complexity index is 561. The van der Waals surface area contributed by atoms with Gasteiger partial charge in [0.15, 0.2) is 0 Å². The molecular weight excluding hydrogens is 248 g/mol. The largest absolute Gasteiger partial charge is 0.245 e. The highest BCUT2D eigenvalue weighted by Crippen LogP contribution is 2.09. The second-order valence-corrected chi connectivity index (χ2v) is 4.34. The third-order valence-corrected chi connectivity index (χ3v) is 2.44. The minimum Gasteiger partial charge on any atom is -0.245 e. The second kappa shape index (κ2) is 5.60. The summed E-state index contributed by atoms with van der Waals surface area (Å²) in [6.45, 7) is 3.83. The van der Waals surface area contributed by atoms with Crippen LogP contribution < -0.4 is 5.43 Å². The van der Waals surface area contributed by atoms with Gasteiger partial charge in [-0.05, 0) is 37.6 Å². The molecule has 0 spiro atoms. The summed E-state index contributed by atoms with van der Waals surface area (Å²) in [5.41, 5.74) is 5.53. The third kappa shape index (κ3) is 3.53. The minimum atomic E-state index is 0.491. The van der Waals surface area contributed by atoms with Crippen molar-refractivity contribution < 1.29 is 0 Å². The molecule has 0 bridgehead atoms. The first-order valence-corrected chi connectivity index (χ1v) is 5.88. The number of benzene rings is 1. The molecule has 1 N–H and O–H groups in total. The maximum absolute atomic E-state index is 5.88. The average molecular weight is 261 g/mol. The van der Waals surface area contributed by atoms with E-state index >= 15 is 0 Å². The van der Waals surface area contributed by atoms with Crippen LogP contribution in [0.3, 0.4) is 0 Å². The first-order valence-electron chi connectivity index (χ1n) is 5.50. The first kappa shape index (κ1) is 12.5. The van der Waals surface area contributed by atoms with E-state index in [4.69, 9.17) is 11.6 Å². The molecule has 1 heterocycles. The van der Waals surface area contributed by atoms with E-state index in [9.17, 15) is 0 Å². The minimum absolute atomic E-state index is 0.491. The van der Waals surface area contributed by atoms with Gasteiger partial charge in [0, 0.05) is 16.4 Å². The molecule has 1 aromatic carbocycles. The van der Waals surface area contributed by atoms with Crippen LogP contribution in [0.25, 0.3) is 0 Å². The van der Waals surface area contributed by atoms with E-state index in [1.807, 2.05) is 44.2 Å². The van der Waals surface area contributed by atoms with Crippen LogP contribution in [-0.2, 0) is 0 Å². The van der Waals surface area contributed by atoms with E-state index in [1.54, 1.807) is 6.21 Å². The zero-order chi connectivity index (χ0) is 13.0. The van der Waals surface area contributed by atoms with E-state index in [2.05, 4.69) is 20.5 Å². The van der Waals surface area contributed by atoms with Crippen molar-refractivity contribution >= 4 is 23.8 Å². The quantitative estimate of drug-likeness (QED) is 0.681. The van der Waals surface area contributed by atoms with Crippen LogP contribution in [0.2, 0.25) is 5.02 Å². The number of hydrogen-bond acceptors (Lipinski definition) is 4. The van der Waals surface area contributed by atoms with Crippen molar-refractivity contribution in [3.05, 3.63) is 52.3 Å². The molecular formula is C13H13ClN4. The van der Waals surface area contributed by atoms with Gasteiger partial charge in [0.2, 0.25) is 5.95 Å². The predicted molar refractivity (Wildman–Crippen MR) is 74.2 cm³/mol. The lowest BCUT2D eigenvalue weighted by Gasteiger charge is -2.01. The smallest absolute Gasteiger partial charge is 0.243 e. The third-order valence-electron chi connectivity index (χ3n) is 2.21. The SMILES string of the molecule is Cc1cc(C)nc(N/N=C\c2cccc(Cl)c2)n1. The summed E-state index contributed by atoms with van der Waals surface area (Å²) in [5.74, 6) is 0.491. The van der Waals surface area contributed by atoms with Gasteiger partial charge in [-0.15, -0.1) is 0 Å². The maximum atomic E-state index is 5.88. The molecule has 1 aromatic heterocycles. The molecule has 0 saturated heterocycles. The fraction of sp³-hybridized carbons (Fsp3) is 0.154. The number of anilines is 1. The summed E-state index contributed by atoms with van der Waals surface area (Å²) < 4.78 is 0. The van der Waals surface area contributed by atoms with Crippen LogP contribution in [0.5, 0.6) is 0 Å². The molecule has 92 valence electrons. The molecule has 0 aliphatic heterocycles. The summed E-state index contributed by atoms with van der Waals surface area (Å²) >= 11 is 5.88. The van der Waals surface area contributed by atoms with Gasteiger partial charge in [0.1, 0.15) is 0 Å². The summed E-state index contributed by atoms with van der Waals surface area (Å²) in [6, 6.07) is 9.34. The highest BCUT2D eigenvalue weighted by Gasteiger charge is 1.96. The molecule has 0 amide bonds. The maximum Gasteiger partial charge on any atom is 0.243 e. The van der Waals surface area contributed by atoms with Crippen molar-refractivity contribution in [2.75, 3.05) is 5.43 Å². The Balaban J connectivity index is 2.07. The van der Waals surface area contributed by atoms with E-state index in [0.29, 0.717) is 11.0 Å². The first-order chi connectivity index (χ1) is 8.63. The van der Waals surface area contributed by atoms with Crippen LogP contribution in [0.15, 0.2) is 35.4 Å². The number of hydrogen-bond donors (Lipinski definition) is 1. The highest BCUT2D eigenvalue weighted by atomic mass is 35.5. The van der Waals surface area contributed by atoms with Gasteiger partial charge < -0.3 is 0 Å². The second-order valence-electron chi connectivity index (χ2n) is 3.90. The Hall–Kier alpha value is -1.94. The number of nitrogens with zero attached hydrogens (tertiary/aromatic N) is 3. The van der Waals surface area contributed by atoms with Crippen molar-refractivity contribution in [3.63, 3.8) is 0 Å². The molecule has 18 heavy (non-hydrogen) atoms. The van der Waals surface area contributed by atoms with Gasteiger partial charge in [-0.1, -0.05) is 23.7 Å². The van der Waals surface area contributed by atoms with Crippen LogP contribution in [0.1, 0.15) is 17.0 Å². The Morgan fingerprint density at radius 1 is 1.17 bits per heavy atom. The van der Waals surface area contributed by atoms with Crippen LogP contribution >= 0.6 is 11.6 Å². The standard InChI is InChI=1S/C13H13ClN4/c1-9-6-10(2)17-13(16-9)18-15-8-11-4-3-5-12(14)7-11/h3-8H,1-2H3,(H,16,17,18)/b15-8-. The molecule has 0 fully saturated rings. The monoisotopic (exact) mass is 260 g/mol. The van der Waals surface area contributed by atoms with Crippen molar-refractivity contribution in [2.24, 2.45) is 5.10 Å². The Labute approximate surface area is 111 Å². The molecule has 2 rings (SSSR count). The number of rotatable bonds is 3. The van der Waals surface area contributed by atoms with Crippen molar-refractivity contribution in [3.8, 4) is 0 Å². The lowest BCUT2D eigenvalue weighted by Crippen LogP contribution is -1.99. The number of halogens is 1. The van der Waals surface area contributed by atoms with Crippen LogP contribution in [0.4, 0.5) is 5.95 Å². The Morgan fingerprint density at radius 2 is 1.89 bits per heavy atom. The topological polar surface area (TPSA) is 50.2 Å². The molecule has 5 heteroatoms. The molecule has 0 radical (unpaired) electrons. The number of hydrazone groups is 1. The lowest BCUT2D eigenvalue weighted by molar-refractivity contribution is 1.04. The fourth-order valence-electron chi connectivity index (χ4n) is 1.53. The van der Waals surface area contributed by atoms with E-state index < -0.39 is 0 Å². The van der Waals surface area contributed by atoms with E-state index in [0.717, 1.165) is 17.0 Å². The van der Waals surface area contributed by atoms with Gasteiger partial charge in [0.25, 0.3) is 0 Å². The molecule has 0 unspecified atom stereocenters. The highest BCUT2D eigenvalue weighted by molar-refractivity contribution is 6.30. The molecule has 2 aromatic rings. The van der Waals surface area contributed by atoms with E-state index in [-0.39, 0.29) is 0 Å². The average Bonchev–Trinajstić information content (AvgIpc) is 2.27. The Morgan fingerprint density at radius 3 is 2.56 bits per heavy atom. The van der Waals surface area contributed by atoms with Crippen molar-refractivity contribution in [2.45, 2.75) is 13.8 Å². The molecule has 0 atom stereocenters. The van der Waals surface area contributed by atoms with Crippen LogP contribution in [-0.4, -0.2) is 16.2 Å². The van der Waals surface area contributed by atoms with Gasteiger partial charge in [0.05, 0.1) is 6.21 Å². The summed E-state index contributed by atoms with van der Waals surface area (Å²) in [7, 11) is 0. The molecule has 4 nitrogen and oxygen atoms in total. The zero-order valence-electron chi connectivity index (χ0n) is 10.2. The van der Waals surface area contributed by atoms with Gasteiger partial charge >= 0.3 is 0 Å². The zero-order valence-corrected chi connectivity index (χ0v) is 10.9. The summed E-state index contributed by atoms with van der Waals surface area (Å²) in [5, 5.41) is 4.76. The normalized spacial score (nSPS) is 10.8. The van der Waals surface area contributed by atoms with Gasteiger partial charge in [-0.2, -0.15) is 5.10 Å². The van der Waals surface area contributed by atoms with Gasteiger partial charge in [-0.3, -0.25) is 0 Å². The van der Waals surface area contributed by atoms with Crippen molar-refractivity contribution in [1.29, 1.82) is 0 Å². The Kier molecular flexibility index (Phi) is 3.89. The lowest BCUT2D eigenvalue weighted by atomic mass is 10.2. The number of nitrogens with one attached hydrogen (secondary N) is 1. The summed E-state index contributed by atoms with van der Waals surface area (Å²) in [4.78, 5) is 8.44. The summed E-state index contributed by atoms with van der Waals surface area (Å²) in [6.07, 6.45) is 1.67. The fourth-order valence-corrected chi connectivity index (χ4v) is 1.73. The number of aryl methyl sites for hydroxylation is 2. The molecule has 0 saturated carbocycles. The predicted octanol–water partition coefficient (Wildman–Crippen LogP) is 3.19. The van der Waals surface area contributed by atoms with Crippen molar-refractivity contribution in [1.82, 2.24) is 9.97 Å². The van der Waals surface area contributed by atoms with E-state index in [1.165, 1.54) is 0 Å². The molecule has 0 aliphatic carbocycles. The van der Waals surface area contributed by atoms with Gasteiger partial charge in [-0.25, -0.2) is 15.4 Å². The number of aromatic nitrogens is 2. The van der Waals surface area contributed by atoms with Crippen LogP contribution in [0, 0.1) is 13.8 Å². The molecule has 0 aliphatic rings.